The summed E-state index contributed by atoms with van der Waals surface area (Å²) in [4.78, 5) is 20.8. The lowest BCUT2D eigenvalue weighted by Crippen LogP contribution is -2.17. The molecule has 0 aliphatic carbocycles. The van der Waals surface area contributed by atoms with Gasteiger partial charge in [0.2, 0.25) is 0 Å². The topological polar surface area (TPSA) is 74.6 Å². The summed E-state index contributed by atoms with van der Waals surface area (Å²) in [6, 6.07) is 0. The first-order chi connectivity index (χ1) is 5.49. The van der Waals surface area contributed by atoms with Crippen molar-refractivity contribution < 1.29 is 19.8 Å². The van der Waals surface area contributed by atoms with Gasteiger partial charge >= 0.3 is 11.9 Å². The van der Waals surface area contributed by atoms with Crippen LogP contribution in [0, 0.1) is 5.92 Å². The minimum atomic E-state index is -1.22. The van der Waals surface area contributed by atoms with Gasteiger partial charge in [-0.25, -0.2) is 0 Å². The van der Waals surface area contributed by atoms with Gasteiger partial charge < -0.3 is 10.2 Å². The van der Waals surface area contributed by atoms with Gasteiger partial charge in [0.25, 0.3) is 0 Å². The van der Waals surface area contributed by atoms with Gasteiger partial charge in [0.15, 0.2) is 0 Å². The standard InChI is InChI=1S/C6H8O4S2/c7-5(8)1-3(6(9)10)4(12)2-11/h2-3,11-12H,1H2,(H,7,8)(H,9,10). The van der Waals surface area contributed by atoms with Crippen LogP contribution in [0.3, 0.4) is 0 Å². The predicted molar refractivity (Wildman–Crippen MR) is 49.4 cm³/mol. The number of carboxylic acids is 2. The zero-order valence-corrected chi connectivity index (χ0v) is 7.76. The molecule has 0 radical (unpaired) electrons. The first kappa shape index (κ1) is 11.4. The van der Waals surface area contributed by atoms with E-state index < -0.39 is 24.3 Å². The molecule has 0 aliphatic heterocycles. The normalized spacial score (nSPS) is 14.0. The van der Waals surface area contributed by atoms with E-state index in [9.17, 15) is 9.59 Å². The van der Waals surface area contributed by atoms with E-state index in [1.54, 1.807) is 0 Å². The Bertz CT molecular complexity index is 224. The molecule has 1 unspecified atom stereocenters. The van der Waals surface area contributed by atoms with Crippen LogP contribution >= 0.6 is 25.3 Å². The van der Waals surface area contributed by atoms with Gasteiger partial charge in [-0.05, 0) is 5.41 Å². The Hall–Kier alpha value is -0.620. The van der Waals surface area contributed by atoms with Crippen molar-refractivity contribution in [2.75, 3.05) is 0 Å². The largest absolute Gasteiger partial charge is 0.481 e. The SMILES string of the molecule is O=C(O)CC(C(=O)O)C(S)=CS. The third-order valence-corrected chi connectivity index (χ3v) is 2.09. The first-order valence-electron chi connectivity index (χ1n) is 2.97. The van der Waals surface area contributed by atoms with Gasteiger partial charge in [-0.2, -0.15) is 12.6 Å². The molecule has 6 heteroatoms. The molecule has 0 bridgehead atoms. The maximum absolute atomic E-state index is 10.4. The van der Waals surface area contributed by atoms with Crippen molar-refractivity contribution in [1.29, 1.82) is 0 Å². The monoisotopic (exact) mass is 208 g/mol. The molecule has 68 valence electrons. The molecule has 0 saturated carbocycles. The molecule has 0 aromatic heterocycles. The maximum atomic E-state index is 10.4. The number of carbonyl (C=O) groups is 2. The number of rotatable bonds is 4. The van der Waals surface area contributed by atoms with Gasteiger partial charge in [0, 0.05) is 4.91 Å². The fourth-order valence-electron chi connectivity index (χ4n) is 0.583. The lowest BCUT2D eigenvalue weighted by Gasteiger charge is -2.07. The summed E-state index contributed by atoms with van der Waals surface area (Å²) in [7, 11) is 0. The van der Waals surface area contributed by atoms with Crippen molar-refractivity contribution >= 4 is 37.2 Å². The first-order valence-corrected chi connectivity index (χ1v) is 3.93. The number of hydrogen-bond acceptors (Lipinski definition) is 4. The summed E-state index contributed by atoms with van der Waals surface area (Å²) in [6.07, 6.45) is -0.481. The van der Waals surface area contributed by atoms with Crippen molar-refractivity contribution in [3.63, 3.8) is 0 Å². The molecule has 0 rings (SSSR count). The third kappa shape index (κ3) is 3.68. The highest BCUT2D eigenvalue weighted by molar-refractivity contribution is 7.87. The fraction of sp³-hybridized carbons (Fsp3) is 0.333. The second-order valence-corrected chi connectivity index (χ2v) is 2.82. The Morgan fingerprint density at radius 3 is 2.17 bits per heavy atom. The second-order valence-electron chi connectivity index (χ2n) is 2.04. The Balaban J connectivity index is 4.45. The molecule has 2 N–H and O–H groups in total. The van der Waals surface area contributed by atoms with E-state index in [1.165, 1.54) is 5.41 Å². The summed E-state index contributed by atoms with van der Waals surface area (Å²) in [5.74, 6) is -3.50. The van der Waals surface area contributed by atoms with Crippen molar-refractivity contribution in [2.45, 2.75) is 6.42 Å². The number of aliphatic carboxylic acids is 2. The summed E-state index contributed by atoms with van der Waals surface area (Å²) < 4.78 is 0. The van der Waals surface area contributed by atoms with E-state index >= 15 is 0 Å². The van der Waals surface area contributed by atoms with Crippen molar-refractivity contribution in [2.24, 2.45) is 5.92 Å². The molecule has 1 atom stereocenters. The fourth-order valence-corrected chi connectivity index (χ4v) is 0.965. The minimum Gasteiger partial charge on any atom is -0.481 e. The van der Waals surface area contributed by atoms with Gasteiger partial charge in [0.05, 0.1) is 12.3 Å². The summed E-state index contributed by atoms with van der Waals surface area (Å²) in [5, 5.41) is 18.0. The number of carboxylic acid groups (broad SMARTS) is 2. The van der Waals surface area contributed by atoms with Crippen LogP contribution in [0.25, 0.3) is 0 Å². The highest BCUT2D eigenvalue weighted by Gasteiger charge is 2.22. The Morgan fingerprint density at radius 2 is 1.92 bits per heavy atom. The number of thiol groups is 2. The highest BCUT2D eigenvalue weighted by atomic mass is 32.1. The van der Waals surface area contributed by atoms with Crippen LogP contribution in [0.2, 0.25) is 0 Å². The zero-order chi connectivity index (χ0) is 9.72. The molecule has 0 fully saturated rings. The van der Waals surface area contributed by atoms with Gasteiger partial charge in [-0.1, -0.05) is 0 Å². The maximum Gasteiger partial charge on any atom is 0.312 e. The van der Waals surface area contributed by atoms with Crippen LogP contribution in [0.4, 0.5) is 0 Å². The van der Waals surface area contributed by atoms with Crippen LogP contribution in [0.1, 0.15) is 6.42 Å². The Kier molecular flexibility index (Phi) is 4.84. The molecule has 12 heavy (non-hydrogen) atoms. The molecular formula is C6H8O4S2. The van der Waals surface area contributed by atoms with E-state index in [4.69, 9.17) is 10.2 Å². The Morgan fingerprint density at radius 1 is 1.42 bits per heavy atom. The molecule has 0 aromatic rings. The molecule has 4 nitrogen and oxygen atoms in total. The Labute approximate surface area is 80.1 Å². The van der Waals surface area contributed by atoms with Gasteiger partial charge in [-0.15, -0.1) is 12.6 Å². The summed E-state index contributed by atoms with van der Waals surface area (Å²) >= 11 is 7.46. The zero-order valence-electron chi connectivity index (χ0n) is 5.97. The minimum absolute atomic E-state index is 0.133. The molecule has 0 aromatic carbocycles. The quantitative estimate of drug-likeness (QED) is 0.517. The smallest absolute Gasteiger partial charge is 0.312 e. The van der Waals surface area contributed by atoms with Crippen LogP contribution in [0.5, 0.6) is 0 Å². The number of hydrogen-bond donors (Lipinski definition) is 4. The summed E-state index contributed by atoms with van der Waals surface area (Å²) in [6.45, 7) is 0. The molecular weight excluding hydrogens is 200 g/mol. The van der Waals surface area contributed by atoms with Gasteiger partial charge in [0.1, 0.15) is 0 Å². The molecule has 0 amide bonds. The van der Waals surface area contributed by atoms with E-state index in [-0.39, 0.29) is 4.91 Å². The highest BCUT2D eigenvalue weighted by Crippen LogP contribution is 2.19. The lowest BCUT2D eigenvalue weighted by molar-refractivity contribution is -0.146. The molecule has 0 aliphatic rings. The van der Waals surface area contributed by atoms with E-state index in [1.807, 2.05) is 0 Å². The van der Waals surface area contributed by atoms with Crippen molar-refractivity contribution in [3.05, 3.63) is 10.3 Å². The van der Waals surface area contributed by atoms with E-state index in [0.29, 0.717) is 0 Å². The van der Waals surface area contributed by atoms with Crippen LogP contribution in [-0.4, -0.2) is 22.2 Å². The van der Waals surface area contributed by atoms with Gasteiger partial charge in [-0.3, -0.25) is 9.59 Å². The molecule has 0 spiro atoms. The van der Waals surface area contributed by atoms with E-state index in [0.717, 1.165) is 0 Å². The van der Waals surface area contributed by atoms with E-state index in [2.05, 4.69) is 25.3 Å². The average Bonchev–Trinajstić information content (AvgIpc) is 1.98. The van der Waals surface area contributed by atoms with Crippen LogP contribution in [-0.2, 0) is 9.59 Å². The second kappa shape index (κ2) is 5.10. The third-order valence-electron chi connectivity index (χ3n) is 1.17. The van der Waals surface area contributed by atoms with Crippen molar-refractivity contribution in [1.82, 2.24) is 0 Å². The lowest BCUT2D eigenvalue weighted by atomic mass is 10.1. The van der Waals surface area contributed by atoms with Crippen LogP contribution in [0.15, 0.2) is 10.3 Å². The molecule has 0 saturated heterocycles. The summed E-state index contributed by atoms with van der Waals surface area (Å²) in [5.41, 5.74) is 0. The predicted octanol–water partition coefficient (Wildman–Crippen LogP) is 0.863. The average molecular weight is 208 g/mol. The van der Waals surface area contributed by atoms with Crippen LogP contribution < -0.4 is 0 Å². The molecule has 0 heterocycles. The van der Waals surface area contributed by atoms with Crippen molar-refractivity contribution in [3.8, 4) is 0 Å².